The van der Waals surface area contributed by atoms with E-state index >= 15 is 0 Å². The van der Waals surface area contributed by atoms with Crippen LogP contribution in [0.4, 0.5) is 0 Å². The van der Waals surface area contributed by atoms with Gasteiger partial charge in [0, 0.05) is 4.88 Å². The van der Waals surface area contributed by atoms with Crippen LogP contribution in [0.1, 0.15) is 17.7 Å². The molecular formula is C11H15NS. The van der Waals surface area contributed by atoms with E-state index in [-0.39, 0.29) is 0 Å². The topological polar surface area (TPSA) is 12.0 Å². The molecule has 0 amide bonds. The van der Waals surface area contributed by atoms with Gasteiger partial charge in [0.2, 0.25) is 0 Å². The van der Waals surface area contributed by atoms with Crippen molar-refractivity contribution >= 4 is 16.9 Å². The summed E-state index contributed by atoms with van der Waals surface area (Å²) in [6.07, 6.45) is 2.49. The Morgan fingerprint density at radius 2 is 2.23 bits per heavy atom. The minimum Gasteiger partial charge on any atom is -0.317 e. The van der Waals surface area contributed by atoms with Gasteiger partial charge in [-0.05, 0) is 48.9 Å². The van der Waals surface area contributed by atoms with Gasteiger partial charge in [-0.15, -0.1) is 11.3 Å². The van der Waals surface area contributed by atoms with E-state index in [1.165, 1.54) is 23.3 Å². The highest BCUT2D eigenvalue weighted by molar-refractivity contribution is 7.11. The third-order valence-corrected chi connectivity index (χ3v) is 3.62. The Hall–Kier alpha value is -0.600. The maximum absolute atomic E-state index is 4.20. The SMILES string of the molecule is C=C(c1cccs1)C1CCNCC1. The molecule has 1 fully saturated rings. The molecule has 2 heteroatoms. The summed E-state index contributed by atoms with van der Waals surface area (Å²) in [5.74, 6) is 0.708. The summed E-state index contributed by atoms with van der Waals surface area (Å²) in [5, 5.41) is 5.50. The second kappa shape index (κ2) is 4.07. The van der Waals surface area contributed by atoms with E-state index in [1.54, 1.807) is 11.3 Å². The van der Waals surface area contributed by atoms with Crippen LogP contribution in [0, 0.1) is 5.92 Å². The zero-order valence-electron chi connectivity index (χ0n) is 7.75. The zero-order chi connectivity index (χ0) is 9.10. The van der Waals surface area contributed by atoms with Crippen molar-refractivity contribution in [3.05, 3.63) is 29.0 Å². The summed E-state index contributed by atoms with van der Waals surface area (Å²) in [4.78, 5) is 1.37. The second-order valence-corrected chi connectivity index (χ2v) is 4.47. The summed E-state index contributed by atoms with van der Waals surface area (Å²) in [6.45, 7) is 6.50. The average molecular weight is 193 g/mol. The van der Waals surface area contributed by atoms with Crippen LogP contribution in [0.15, 0.2) is 24.1 Å². The van der Waals surface area contributed by atoms with Crippen molar-refractivity contribution in [3.8, 4) is 0 Å². The maximum Gasteiger partial charge on any atom is 0.0299 e. The number of allylic oxidation sites excluding steroid dienone is 1. The predicted molar refractivity (Wildman–Crippen MR) is 58.9 cm³/mol. The normalized spacial score (nSPS) is 18.8. The summed E-state index contributed by atoms with van der Waals surface area (Å²) in [7, 11) is 0. The number of hydrogen-bond donors (Lipinski definition) is 1. The molecule has 0 saturated carbocycles. The van der Waals surface area contributed by atoms with Gasteiger partial charge in [-0.2, -0.15) is 0 Å². The Bertz CT molecular complexity index is 270. The highest BCUT2D eigenvalue weighted by Gasteiger charge is 2.17. The van der Waals surface area contributed by atoms with Gasteiger partial charge in [-0.3, -0.25) is 0 Å². The van der Waals surface area contributed by atoms with E-state index in [0.717, 1.165) is 13.1 Å². The summed E-state index contributed by atoms with van der Waals surface area (Å²) in [5.41, 5.74) is 1.34. The van der Waals surface area contributed by atoms with E-state index in [9.17, 15) is 0 Å². The van der Waals surface area contributed by atoms with Gasteiger partial charge in [0.15, 0.2) is 0 Å². The van der Waals surface area contributed by atoms with E-state index in [1.807, 2.05) is 0 Å². The fraction of sp³-hybridized carbons (Fsp3) is 0.455. The molecule has 1 aliphatic heterocycles. The lowest BCUT2D eigenvalue weighted by Crippen LogP contribution is -2.27. The predicted octanol–water partition coefficient (Wildman–Crippen LogP) is 2.76. The van der Waals surface area contributed by atoms with Crippen molar-refractivity contribution in [1.82, 2.24) is 5.32 Å². The van der Waals surface area contributed by atoms with Crippen LogP contribution in [0.25, 0.3) is 5.57 Å². The molecule has 0 aromatic carbocycles. The molecule has 1 aromatic rings. The van der Waals surface area contributed by atoms with Gasteiger partial charge >= 0.3 is 0 Å². The quantitative estimate of drug-likeness (QED) is 0.761. The molecular weight excluding hydrogens is 178 g/mol. The lowest BCUT2D eigenvalue weighted by atomic mass is 9.90. The molecule has 0 bridgehead atoms. The first kappa shape index (κ1) is 8.97. The number of rotatable bonds is 2. The minimum atomic E-state index is 0.708. The highest BCUT2D eigenvalue weighted by Crippen LogP contribution is 2.30. The molecule has 1 nitrogen and oxygen atoms in total. The molecule has 0 atom stereocenters. The molecule has 0 spiro atoms. The van der Waals surface area contributed by atoms with Crippen molar-refractivity contribution in [2.75, 3.05) is 13.1 Å². The third kappa shape index (κ3) is 2.01. The first-order valence-electron chi connectivity index (χ1n) is 4.81. The lowest BCUT2D eigenvalue weighted by molar-refractivity contribution is 0.447. The molecule has 1 aliphatic rings. The molecule has 1 saturated heterocycles. The van der Waals surface area contributed by atoms with Crippen LogP contribution < -0.4 is 5.32 Å². The number of nitrogens with one attached hydrogen (secondary N) is 1. The van der Waals surface area contributed by atoms with Crippen molar-refractivity contribution in [2.24, 2.45) is 5.92 Å². The van der Waals surface area contributed by atoms with Crippen molar-refractivity contribution in [3.63, 3.8) is 0 Å². The molecule has 1 N–H and O–H groups in total. The standard InChI is InChI=1S/C11H15NS/c1-9(11-3-2-8-13-11)10-4-6-12-7-5-10/h2-3,8,10,12H,1,4-7H2. The Morgan fingerprint density at radius 1 is 1.46 bits per heavy atom. The maximum atomic E-state index is 4.20. The van der Waals surface area contributed by atoms with Crippen molar-refractivity contribution in [1.29, 1.82) is 0 Å². The van der Waals surface area contributed by atoms with Gasteiger partial charge in [-0.25, -0.2) is 0 Å². The third-order valence-electron chi connectivity index (χ3n) is 2.67. The molecule has 0 radical (unpaired) electrons. The smallest absolute Gasteiger partial charge is 0.0299 e. The van der Waals surface area contributed by atoms with Crippen LogP contribution in [-0.2, 0) is 0 Å². The molecule has 2 rings (SSSR count). The number of piperidine rings is 1. The fourth-order valence-corrected chi connectivity index (χ4v) is 2.61. The van der Waals surface area contributed by atoms with E-state index < -0.39 is 0 Å². The number of hydrogen-bond acceptors (Lipinski definition) is 2. The van der Waals surface area contributed by atoms with Crippen LogP contribution in [-0.4, -0.2) is 13.1 Å². The fourth-order valence-electron chi connectivity index (χ4n) is 1.83. The summed E-state index contributed by atoms with van der Waals surface area (Å²) >= 11 is 1.80. The molecule has 70 valence electrons. The first-order chi connectivity index (χ1) is 6.38. The van der Waals surface area contributed by atoms with Gasteiger partial charge in [0.1, 0.15) is 0 Å². The Labute approximate surface area is 83.5 Å². The van der Waals surface area contributed by atoms with Crippen molar-refractivity contribution in [2.45, 2.75) is 12.8 Å². The first-order valence-corrected chi connectivity index (χ1v) is 5.69. The molecule has 2 heterocycles. The van der Waals surface area contributed by atoms with Crippen molar-refractivity contribution < 1.29 is 0 Å². The van der Waals surface area contributed by atoms with Gasteiger partial charge < -0.3 is 5.32 Å². The Morgan fingerprint density at radius 3 is 2.85 bits per heavy atom. The summed E-state index contributed by atoms with van der Waals surface area (Å²) in [6, 6.07) is 4.28. The molecule has 0 unspecified atom stereocenters. The van der Waals surface area contributed by atoms with Gasteiger partial charge in [0.05, 0.1) is 0 Å². The second-order valence-electron chi connectivity index (χ2n) is 3.53. The zero-order valence-corrected chi connectivity index (χ0v) is 8.57. The lowest BCUT2D eigenvalue weighted by Gasteiger charge is -2.23. The Balaban J connectivity index is 2.04. The summed E-state index contributed by atoms with van der Waals surface area (Å²) < 4.78 is 0. The molecule has 13 heavy (non-hydrogen) atoms. The minimum absolute atomic E-state index is 0.708. The average Bonchev–Trinajstić information content (AvgIpc) is 2.71. The van der Waals surface area contributed by atoms with Gasteiger partial charge in [-0.1, -0.05) is 12.6 Å². The number of thiophene rings is 1. The van der Waals surface area contributed by atoms with Gasteiger partial charge in [0.25, 0.3) is 0 Å². The monoisotopic (exact) mass is 193 g/mol. The van der Waals surface area contributed by atoms with E-state index in [0.29, 0.717) is 5.92 Å². The molecule has 1 aromatic heterocycles. The van der Waals surface area contributed by atoms with Crippen LogP contribution in [0.5, 0.6) is 0 Å². The molecule has 0 aliphatic carbocycles. The van der Waals surface area contributed by atoms with Crippen LogP contribution in [0.2, 0.25) is 0 Å². The van der Waals surface area contributed by atoms with E-state index in [4.69, 9.17) is 0 Å². The highest BCUT2D eigenvalue weighted by atomic mass is 32.1. The van der Waals surface area contributed by atoms with Crippen LogP contribution in [0.3, 0.4) is 0 Å². The van der Waals surface area contributed by atoms with E-state index in [2.05, 4.69) is 29.4 Å². The van der Waals surface area contributed by atoms with Crippen LogP contribution >= 0.6 is 11.3 Å². The Kier molecular flexibility index (Phi) is 2.81. The largest absolute Gasteiger partial charge is 0.317 e.